The Balaban J connectivity index is 0.858. The van der Waals surface area contributed by atoms with E-state index in [9.17, 15) is 0 Å². The average molecular weight is 1040 g/mol. The van der Waals surface area contributed by atoms with E-state index in [-0.39, 0.29) is 0 Å². The molecule has 0 aliphatic heterocycles. The number of benzene rings is 15. The molecule has 0 fully saturated rings. The Morgan fingerprint density at radius 3 is 0.939 bits per heavy atom. The van der Waals surface area contributed by atoms with E-state index in [2.05, 4.69) is 291 Å². The van der Waals surface area contributed by atoms with Crippen LogP contribution in [0.1, 0.15) is 50.1 Å². The maximum Gasteiger partial charge on any atom is 0.0731 e. The standard InChI is InChI=1S/C81H49N/c1-48-34-38-53(39-35-48)82(54-40-36-49-44-68-74(46-51(49)42-54)80(70-30-14-10-22-60(70)61-23-11-15-31-71(61)80)78-66-28-8-4-20-58(66)56-18-2-6-26-64(56)76(68)78)55-41-37-50-45-69-75(47-52(50)43-55)81(72-32-16-12-24-62(72)63-25-13-17-33-73(63)81)79-67-29-9-5-21-59(67)57-19-3-7-27-65(57)77(69)79/h2-47H,1H3. The number of hydrogen-bond acceptors (Lipinski definition) is 1. The molecule has 15 aromatic rings. The van der Waals surface area contributed by atoms with E-state index in [1.54, 1.807) is 0 Å². The second-order valence-corrected chi connectivity index (χ2v) is 23.4. The van der Waals surface area contributed by atoms with Crippen molar-refractivity contribution in [3.05, 3.63) is 329 Å². The van der Waals surface area contributed by atoms with Gasteiger partial charge in [-0.3, -0.25) is 0 Å². The van der Waals surface area contributed by atoms with Crippen LogP contribution in [0.5, 0.6) is 0 Å². The normalized spacial score (nSPS) is 14.1. The van der Waals surface area contributed by atoms with E-state index >= 15 is 0 Å². The Bertz CT molecular complexity index is 4960. The maximum absolute atomic E-state index is 2.56. The zero-order valence-electron chi connectivity index (χ0n) is 45.0. The van der Waals surface area contributed by atoms with Gasteiger partial charge in [0.15, 0.2) is 0 Å². The molecule has 0 N–H and O–H groups in total. The highest BCUT2D eigenvalue weighted by Gasteiger charge is 2.55. The SMILES string of the molecule is Cc1ccc(N(c2ccc3cc4c(cc3c2)C2(c3ccccc3-c3ccccc32)c2c-4c3ccccc3c3ccccc23)c2ccc3cc4c(cc3c2)C2(c3ccccc3-c3ccccc32)c2c-4c3ccccc3c3ccccc23)cc1. The lowest BCUT2D eigenvalue weighted by atomic mass is 9.69. The lowest BCUT2D eigenvalue weighted by Crippen LogP contribution is -2.26. The number of anilines is 3. The molecular weight excluding hydrogens is 987 g/mol. The third-order valence-corrected chi connectivity index (χ3v) is 19.6. The quantitative estimate of drug-likeness (QED) is 0.159. The van der Waals surface area contributed by atoms with Crippen molar-refractivity contribution in [1.82, 2.24) is 0 Å². The molecule has 19 rings (SSSR count). The van der Waals surface area contributed by atoms with Crippen LogP contribution in [0.15, 0.2) is 279 Å². The zero-order chi connectivity index (χ0) is 53.6. The minimum atomic E-state index is -0.531. The first kappa shape index (κ1) is 44.5. The third-order valence-electron chi connectivity index (χ3n) is 19.6. The van der Waals surface area contributed by atoms with Crippen molar-refractivity contribution in [1.29, 1.82) is 0 Å². The highest BCUT2D eigenvalue weighted by atomic mass is 15.1. The topological polar surface area (TPSA) is 3.24 Å². The van der Waals surface area contributed by atoms with Crippen molar-refractivity contribution >= 4 is 81.7 Å². The van der Waals surface area contributed by atoms with Crippen LogP contribution in [0.4, 0.5) is 17.1 Å². The Morgan fingerprint density at radius 1 is 0.232 bits per heavy atom. The molecule has 4 aliphatic carbocycles. The number of rotatable bonds is 3. The summed E-state index contributed by atoms with van der Waals surface area (Å²) < 4.78 is 0. The molecule has 0 saturated heterocycles. The smallest absolute Gasteiger partial charge is 0.0731 e. The summed E-state index contributed by atoms with van der Waals surface area (Å²) in [7, 11) is 0. The molecule has 0 atom stereocenters. The van der Waals surface area contributed by atoms with E-state index in [0.29, 0.717) is 0 Å². The fourth-order valence-corrected chi connectivity index (χ4v) is 16.5. The molecule has 15 aromatic carbocycles. The molecule has 0 unspecified atom stereocenters. The van der Waals surface area contributed by atoms with Gasteiger partial charge < -0.3 is 4.90 Å². The van der Waals surface area contributed by atoms with Crippen molar-refractivity contribution in [2.75, 3.05) is 4.90 Å². The van der Waals surface area contributed by atoms with Gasteiger partial charge >= 0.3 is 0 Å². The van der Waals surface area contributed by atoms with Gasteiger partial charge in [-0.25, -0.2) is 0 Å². The second-order valence-electron chi connectivity index (χ2n) is 23.4. The first-order valence-electron chi connectivity index (χ1n) is 28.9. The molecule has 0 radical (unpaired) electrons. The summed E-state index contributed by atoms with van der Waals surface area (Å²) in [5, 5.41) is 15.3. The number of nitrogens with zero attached hydrogens (tertiary/aromatic N) is 1. The fraction of sp³-hybridized carbons (Fsp3) is 0.0370. The lowest BCUT2D eigenvalue weighted by molar-refractivity contribution is 0.803. The van der Waals surface area contributed by atoms with E-state index < -0.39 is 10.8 Å². The van der Waals surface area contributed by atoms with Gasteiger partial charge in [-0.05, 0) is 221 Å². The van der Waals surface area contributed by atoms with Crippen molar-refractivity contribution in [2.24, 2.45) is 0 Å². The van der Waals surface area contributed by atoms with Crippen LogP contribution in [0.3, 0.4) is 0 Å². The van der Waals surface area contributed by atoms with E-state index in [1.165, 1.54) is 159 Å². The first-order chi connectivity index (χ1) is 40.6. The summed E-state index contributed by atoms with van der Waals surface area (Å²) in [5.41, 5.74) is 25.0. The highest BCUT2D eigenvalue weighted by molar-refractivity contribution is 6.22. The average Bonchev–Trinajstić information content (AvgIpc) is 3.87. The molecular formula is C81H49N. The van der Waals surface area contributed by atoms with Gasteiger partial charge in [0.05, 0.1) is 10.8 Å². The van der Waals surface area contributed by atoms with Gasteiger partial charge in [0.25, 0.3) is 0 Å². The third kappa shape index (κ3) is 5.44. The molecule has 4 aliphatic rings. The lowest BCUT2D eigenvalue weighted by Gasteiger charge is -2.32. The Kier molecular flexibility index (Phi) is 8.65. The number of hydrogen-bond donors (Lipinski definition) is 0. The Hall–Kier alpha value is -10.3. The molecule has 0 aromatic heterocycles. The minimum absolute atomic E-state index is 0.531. The van der Waals surface area contributed by atoms with Gasteiger partial charge in [0.1, 0.15) is 0 Å². The largest absolute Gasteiger partial charge is 0.310 e. The summed E-state index contributed by atoms with van der Waals surface area (Å²) in [6.07, 6.45) is 0. The molecule has 0 amide bonds. The van der Waals surface area contributed by atoms with Gasteiger partial charge in [0.2, 0.25) is 0 Å². The summed E-state index contributed by atoms with van der Waals surface area (Å²) in [5.74, 6) is 0. The van der Waals surface area contributed by atoms with Crippen LogP contribution in [0.2, 0.25) is 0 Å². The van der Waals surface area contributed by atoms with Gasteiger partial charge in [0, 0.05) is 17.1 Å². The summed E-state index contributed by atoms with van der Waals surface area (Å²) >= 11 is 0. The molecule has 0 saturated carbocycles. The molecule has 0 bridgehead atoms. The van der Waals surface area contributed by atoms with Crippen molar-refractivity contribution in [2.45, 2.75) is 17.8 Å². The predicted molar refractivity (Wildman–Crippen MR) is 343 cm³/mol. The molecule has 2 spiro atoms. The van der Waals surface area contributed by atoms with Crippen LogP contribution in [0, 0.1) is 6.92 Å². The van der Waals surface area contributed by atoms with Crippen molar-refractivity contribution < 1.29 is 0 Å². The summed E-state index contributed by atoms with van der Waals surface area (Å²) in [6, 6.07) is 107. The molecule has 82 heavy (non-hydrogen) atoms. The van der Waals surface area contributed by atoms with E-state index in [1.807, 2.05) is 0 Å². The molecule has 0 heterocycles. The molecule has 378 valence electrons. The summed E-state index contributed by atoms with van der Waals surface area (Å²) in [6.45, 7) is 2.18. The Labute approximate surface area is 475 Å². The molecule has 1 heteroatoms. The number of fused-ring (bicyclic) bond motifs is 32. The van der Waals surface area contributed by atoms with Crippen LogP contribution in [0.25, 0.3) is 109 Å². The second kappa shape index (κ2) is 15.9. The van der Waals surface area contributed by atoms with Crippen LogP contribution < -0.4 is 4.90 Å². The van der Waals surface area contributed by atoms with E-state index in [0.717, 1.165) is 17.1 Å². The van der Waals surface area contributed by atoms with Crippen molar-refractivity contribution in [3.63, 3.8) is 0 Å². The zero-order valence-corrected chi connectivity index (χ0v) is 45.0. The summed E-state index contributed by atoms with van der Waals surface area (Å²) in [4.78, 5) is 2.48. The van der Waals surface area contributed by atoms with Gasteiger partial charge in [-0.1, -0.05) is 224 Å². The fourth-order valence-electron chi connectivity index (χ4n) is 16.5. The van der Waals surface area contributed by atoms with Gasteiger partial charge in [-0.2, -0.15) is 0 Å². The van der Waals surface area contributed by atoms with Gasteiger partial charge in [-0.15, -0.1) is 0 Å². The van der Waals surface area contributed by atoms with E-state index in [4.69, 9.17) is 0 Å². The highest BCUT2D eigenvalue weighted by Crippen LogP contribution is 2.68. The minimum Gasteiger partial charge on any atom is -0.310 e. The number of aryl methyl sites for hydroxylation is 1. The molecule has 1 nitrogen and oxygen atoms in total. The predicted octanol–water partition coefficient (Wildman–Crippen LogP) is 21.1. The first-order valence-corrected chi connectivity index (χ1v) is 28.9. The maximum atomic E-state index is 2.56. The van der Waals surface area contributed by atoms with Crippen LogP contribution >= 0.6 is 0 Å². The van der Waals surface area contributed by atoms with Crippen LogP contribution in [-0.2, 0) is 10.8 Å². The van der Waals surface area contributed by atoms with Crippen molar-refractivity contribution in [3.8, 4) is 44.5 Å². The Morgan fingerprint density at radius 2 is 0.549 bits per heavy atom. The van der Waals surface area contributed by atoms with Crippen LogP contribution in [-0.4, -0.2) is 0 Å². The monoisotopic (exact) mass is 1040 g/mol.